The molecule has 6 heteroatoms. The highest BCUT2D eigenvalue weighted by molar-refractivity contribution is 7.08. The predicted molar refractivity (Wildman–Crippen MR) is 71.5 cm³/mol. The third-order valence-electron chi connectivity index (χ3n) is 3.65. The fourth-order valence-corrected chi connectivity index (χ4v) is 3.14. The Balaban J connectivity index is 1.97. The van der Waals surface area contributed by atoms with Gasteiger partial charge >= 0.3 is 0 Å². The van der Waals surface area contributed by atoms with E-state index in [2.05, 4.69) is 14.9 Å². The average Bonchev–Trinajstić information content (AvgIpc) is 2.83. The molecule has 0 radical (unpaired) electrons. The van der Waals surface area contributed by atoms with Crippen LogP contribution in [0.15, 0.2) is 0 Å². The number of aromatic nitrogens is 2. The first-order valence-electron chi connectivity index (χ1n) is 6.52. The fraction of sp³-hybridized carbons (Fsp3) is 0.750. The monoisotopic (exact) mass is 268 g/mol. The molecule has 1 amide bonds. The molecule has 100 valence electrons. The number of carbonyl (C=O) groups excluding carboxylic acids is 1. The summed E-state index contributed by atoms with van der Waals surface area (Å²) in [5, 5.41) is 6.91. The maximum absolute atomic E-state index is 12.1. The summed E-state index contributed by atoms with van der Waals surface area (Å²) in [6.07, 6.45) is 6.14. The zero-order valence-corrected chi connectivity index (χ0v) is 11.5. The topological polar surface area (TPSA) is 80.9 Å². The SMILES string of the molecule is Cc1nnsc1C(=O)NC(CN)C1CCCCC1. The smallest absolute Gasteiger partial charge is 0.265 e. The van der Waals surface area contributed by atoms with Crippen LogP contribution in [0, 0.1) is 12.8 Å². The van der Waals surface area contributed by atoms with Crippen molar-refractivity contribution in [2.24, 2.45) is 11.7 Å². The van der Waals surface area contributed by atoms with Gasteiger partial charge in [0.05, 0.1) is 5.69 Å². The van der Waals surface area contributed by atoms with E-state index in [1.807, 2.05) is 0 Å². The van der Waals surface area contributed by atoms with Crippen LogP contribution in [0.5, 0.6) is 0 Å². The summed E-state index contributed by atoms with van der Waals surface area (Å²) in [4.78, 5) is 12.7. The van der Waals surface area contributed by atoms with Gasteiger partial charge in [-0.05, 0) is 37.2 Å². The van der Waals surface area contributed by atoms with E-state index in [-0.39, 0.29) is 11.9 Å². The van der Waals surface area contributed by atoms with Crippen molar-refractivity contribution in [3.05, 3.63) is 10.6 Å². The number of aryl methyl sites for hydroxylation is 1. The van der Waals surface area contributed by atoms with E-state index in [9.17, 15) is 4.79 Å². The van der Waals surface area contributed by atoms with Crippen molar-refractivity contribution >= 4 is 17.4 Å². The molecule has 0 aliphatic heterocycles. The van der Waals surface area contributed by atoms with E-state index < -0.39 is 0 Å². The van der Waals surface area contributed by atoms with Crippen molar-refractivity contribution in [3.8, 4) is 0 Å². The van der Waals surface area contributed by atoms with Gasteiger partial charge in [0.2, 0.25) is 0 Å². The van der Waals surface area contributed by atoms with Gasteiger partial charge in [-0.25, -0.2) is 0 Å². The molecule has 1 atom stereocenters. The molecule has 3 N–H and O–H groups in total. The molecule has 1 aromatic heterocycles. The van der Waals surface area contributed by atoms with Gasteiger partial charge in [0.25, 0.3) is 5.91 Å². The second-order valence-corrected chi connectivity index (χ2v) is 5.66. The third kappa shape index (κ3) is 3.05. The van der Waals surface area contributed by atoms with Crippen LogP contribution < -0.4 is 11.1 Å². The Bertz CT molecular complexity index is 401. The summed E-state index contributed by atoms with van der Waals surface area (Å²) in [5.74, 6) is 0.442. The summed E-state index contributed by atoms with van der Waals surface area (Å²) < 4.78 is 3.79. The van der Waals surface area contributed by atoms with Gasteiger partial charge in [0.15, 0.2) is 0 Å². The van der Waals surface area contributed by atoms with Crippen LogP contribution >= 0.6 is 11.5 Å². The molecule has 1 fully saturated rings. The number of rotatable bonds is 4. The first kappa shape index (κ1) is 13.4. The zero-order chi connectivity index (χ0) is 13.0. The van der Waals surface area contributed by atoms with E-state index in [0.717, 1.165) is 11.5 Å². The molecule has 0 saturated heterocycles. The number of hydrogen-bond acceptors (Lipinski definition) is 5. The van der Waals surface area contributed by atoms with Crippen molar-refractivity contribution in [1.29, 1.82) is 0 Å². The van der Waals surface area contributed by atoms with E-state index in [1.165, 1.54) is 32.1 Å². The molecule has 1 aliphatic carbocycles. The number of nitrogens with two attached hydrogens (primary N) is 1. The summed E-state index contributed by atoms with van der Waals surface area (Å²) in [7, 11) is 0. The molecule has 0 bridgehead atoms. The second-order valence-electron chi connectivity index (χ2n) is 4.90. The third-order valence-corrected chi connectivity index (χ3v) is 4.47. The van der Waals surface area contributed by atoms with Gasteiger partial charge in [-0.1, -0.05) is 23.8 Å². The van der Waals surface area contributed by atoms with Crippen molar-refractivity contribution < 1.29 is 4.79 Å². The highest BCUT2D eigenvalue weighted by Gasteiger charge is 2.25. The number of nitrogens with zero attached hydrogens (tertiary/aromatic N) is 2. The van der Waals surface area contributed by atoms with Crippen LogP contribution in [0.2, 0.25) is 0 Å². The average molecular weight is 268 g/mol. The first-order valence-corrected chi connectivity index (χ1v) is 7.29. The number of amides is 1. The van der Waals surface area contributed by atoms with Crippen LogP contribution in [0.1, 0.15) is 47.5 Å². The minimum atomic E-state index is -0.0801. The lowest BCUT2D eigenvalue weighted by Gasteiger charge is -2.29. The maximum atomic E-state index is 12.1. The van der Waals surface area contributed by atoms with Crippen molar-refractivity contribution in [2.45, 2.75) is 45.1 Å². The Morgan fingerprint density at radius 3 is 2.78 bits per heavy atom. The Labute approximate surface area is 111 Å². The quantitative estimate of drug-likeness (QED) is 0.866. The Kier molecular flexibility index (Phi) is 4.66. The molecular formula is C12H20N4OS. The Morgan fingerprint density at radius 1 is 1.50 bits per heavy atom. The van der Waals surface area contributed by atoms with Gasteiger partial charge in [0, 0.05) is 12.6 Å². The molecule has 18 heavy (non-hydrogen) atoms. The van der Waals surface area contributed by atoms with Gasteiger partial charge in [-0.3, -0.25) is 4.79 Å². The van der Waals surface area contributed by atoms with Crippen LogP contribution in [-0.2, 0) is 0 Å². The van der Waals surface area contributed by atoms with E-state index in [0.29, 0.717) is 23.0 Å². The second kappa shape index (κ2) is 6.24. The molecular weight excluding hydrogens is 248 g/mol. The number of nitrogens with one attached hydrogen (secondary N) is 1. The molecule has 1 saturated carbocycles. The summed E-state index contributed by atoms with van der Waals surface area (Å²) in [5.41, 5.74) is 6.49. The van der Waals surface area contributed by atoms with Crippen molar-refractivity contribution in [3.63, 3.8) is 0 Å². The van der Waals surface area contributed by atoms with Crippen LogP contribution in [0.3, 0.4) is 0 Å². The largest absolute Gasteiger partial charge is 0.347 e. The van der Waals surface area contributed by atoms with Crippen molar-refractivity contribution in [2.75, 3.05) is 6.54 Å². The molecule has 1 aromatic rings. The highest BCUT2D eigenvalue weighted by Crippen LogP contribution is 2.26. The Morgan fingerprint density at radius 2 is 2.22 bits per heavy atom. The lowest BCUT2D eigenvalue weighted by atomic mass is 9.84. The lowest BCUT2D eigenvalue weighted by Crippen LogP contribution is -2.45. The molecule has 0 spiro atoms. The Hall–Kier alpha value is -1.01. The minimum Gasteiger partial charge on any atom is -0.347 e. The fourth-order valence-electron chi connectivity index (χ4n) is 2.58. The molecule has 1 aliphatic rings. The van der Waals surface area contributed by atoms with Gasteiger partial charge in [0.1, 0.15) is 4.88 Å². The summed E-state index contributed by atoms with van der Waals surface area (Å²) in [6.45, 7) is 2.30. The van der Waals surface area contributed by atoms with E-state index >= 15 is 0 Å². The molecule has 5 nitrogen and oxygen atoms in total. The molecule has 2 rings (SSSR count). The predicted octanol–water partition coefficient (Wildman–Crippen LogP) is 1.48. The molecule has 1 unspecified atom stereocenters. The van der Waals surface area contributed by atoms with E-state index in [1.54, 1.807) is 6.92 Å². The first-order chi connectivity index (χ1) is 8.72. The number of carbonyl (C=O) groups is 1. The summed E-state index contributed by atoms with van der Waals surface area (Å²) in [6, 6.07) is 0.0827. The van der Waals surface area contributed by atoms with Gasteiger partial charge in [-0.15, -0.1) is 5.10 Å². The van der Waals surface area contributed by atoms with E-state index in [4.69, 9.17) is 5.73 Å². The van der Waals surface area contributed by atoms with Gasteiger partial charge < -0.3 is 11.1 Å². The molecule has 0 aromatic carbocycles. The van der Waals surface area contributed by atoms with Crippen LogP contribution in [0.25, 0.3) is 0 Å². The lowest BCUT2D eigenvalue weighted by molar-refractivity contribution is 0.0919. The summed E-state index contributed by atoms with van der Waals surface area (Å²) >= 11 is 1.14. The maximum Gasteiger partial charge on any atom is 0.265 e. The van der Waals surface area contributed by atoms with Crippen molar-refractivity contribution in [1.82, 2.24) is 14.9 Å². The number of hydrogen-bond donors (Lipinski definition) is 2. The standard InChI is InChI=1S/C12H20N4OS/c1-8-11(18-16-15-8)12(17)14-10(7-13)9-5-3-2-4-6-9/h9-10H,2-7,13H2,1H3,(H,14,17). The van der Waals surface area contributed by atoms with Gasteiger partial charge in [-0.2, -0.15) is 0 Å². The molecule has 1 heterocycles. The normalized spacial score (nSPS) is 18.6. The van der Waals surface area contributed by atoms with Crippen LogP contribution in [-0.4, -0.2) is 28.1 Å². The van der Waals surface area contributed by atoms with Crippen LogP contribution in [0.4, 0.5) is 0 Å². The zero-order valence-electron chi connectivity index (χ0n) is 10.7. The minimum absolute atomic E-state index is 0.0801. The highest BCUT2D eigenvalue weighted by atomic mass is 32.1.